The summed E-state index contributed by atoms with van der Waals surface area (Å²) < 4.78 is 57.2. The molecule has 0 aliphatic heterocycles. The van der Waals surface area contributed by atoms with Gasteiger partial charge in [0.05, 0.1) is 0 Å². The van der Waals surface area contributed by atoms with Crippen molar-refractivity contribution in [1.82, 2.24) is 9.88 Å². The molecule has 108 valence electrons. The molecular weight excluding hydrogens is 290 g/mol. The van der Waals surface area contributed by atoms with Crippen molar-refractivity contribution >= 4 is 10.0 Å². The maximum Gasteiger partial charge on any atom is 0.246 e. The van der Waals surface area contributed by atoms with Crippen LogP contribution in [0.5, 0.6) is 0 Å². The maximum atomic E-state index is 13.0. The Bertz CT molecular complexity index is 701. The van der Waals surface area contributed by atoms with Crippen LogP contribution in [-0.2, 0) is 16.6 Å². The molecule has 0 aliphatic rings. The molecule has 0 saturated heterocycles. The first kappa shape index (κ1) is 14.6. The van der Waals surface area contributed by atoms with Crippen molar-refractivity contribution < 1.29 is 21.7 Å². The molecule has 1 N–H and O–H groups in total. The van der Waals surface area contributed by atoms with Crippen LogP contribution < -0.4 is 4.72 Å². The number of hydrogen-bond donors (Lipinski definition) is 1. The summed E-state index contributed by atoms with van der Waals surface area (Å²) in [5.41, 5.74) is 0.401. The number of rotatable bonds is 4. The molecule has 0 spiro atoms. The van der Waals surface area contributed by atoms with Gasteiger partial charge in [-0.25, -0.2) is 21.9 Å². The molecule has 0 unspecified atom stereocenters. The van der Waals surface area contributed by atoms with Gasteiger partial charge in [-0.1, -0.05) is 5.16 Å². The van der Waals surface area contributed by atoms with Gasteiger partial charge in [-0.2, -0.15) is 0 Å². The Morgan fingerprint density at radius 3 is 2.30 bits per heavy atom. The third-order valence-electron chi connectivity index (χ3n) is 2.63. The maximum absolute atomic E-state index is 13.0. The van der Waals surface area contributed by atoms with Crippen LogP contribution in [0, 0.1) is 25.5 Å². The van der Waals surface area contributed by atoms with E-state index < -0.39 is 21.7 Å². The number of sulfonamides is 1. The van der Waals surface area contributed by atoms with Crippen LogP contribution in [0.4, 0.5) is 8.78 Å². The minimum atomic E-state index is -3.85. The van der Waals surface area contributed by atoms with Crippen LogP contribution in [0.3, 0.4) is 0 Å². The van der Waals surface area contributed by atoms with Gasteiger partial charge < -0.3 is 4.52 Å². The number of halogens is 2. The van der Waals surface area contributed by atoms with Crippen molar-refractivity contribution in [3.63, 3.8) is 0 Å². The Morgan fingerprint density at radius 1 is 1.20 bits per heavy atom. The quantitative estimate of drug-likeness (QED) is 0.938. The molecule has 20 heavy (non-hydrogen) atoms. The zero-order valence-electron chi connectivity index (χ0n) is 10.8. The van der Waals surface area contributed by atoms with E-state index in [0.717, 1.165) is 12.1 Å². The van der Waals surface area contributed by atoms with Gasteiger partial charge in [-0.05, 0) is 31.5 Å². The van der Waals surface area contributed by atoms with Crippen molar-refractivity contribution in [3.05, 3.63) is 46.9 Å². The molecule has 0 atom stereocenters. The van der Waals surface area contributed by atoms with Gasteiger partial charge in [0.1, 0.15) is 22.2 Å². The fourth-order valence-electron chi connectivity index (χ4n) is 1.82. The van der Waals surface area contributed by atoms with Crippen molar-refractivity contribution in [2.45, 2.75) is 25.3 Å². The Morgan fingerprint density at radius 2 is 1.80 bits per heavy atom. The van der Waals surface area contributed by atoms with E-state index in [1.165, 1.54) is 13.8 Å². The molecule has 1 aromatic carbocycles. The molecule has 5 nitrogen and oxygen atoms in total. The van der Waals surface area contributed by atoms with Gasteiger partial charge in [0.15, 0.2) is 5.76 Å². The first-order valence-electron chi connectivity index (χ1n) is 5.67. The zero-order chi connectivity index (χ0) is 14.9. The fraction of sp³-hybridized carbons (Fsp3) is 0.250. The molecule has 0 amide bonds. The van der Waals surface area contributed by atoms with Crippen molar-refractivity contribution in [2.24, 2.45) is 0 Å². The molecule has 1 heterocycles. The monoisotopic (exact) mass is 302 g/mol. The molecule has 2 rings (SSSR count). The minimum Gasteiger partial charge on any atom is -0.360 e. The second kappa shape index (κ2) is 5.29. The summed E-state index contributed by atoms with van der Waals surface area (Å²) in [6.07, 6.45) is 0. The summed E-state index contributed by atoms with van der Waals surface area (Å²) in [5, 5.41) is 3.55. The Hall–Kier alpha value is -1.80. The lowest BCUT2D eigenvalue weighted by Gasteiger charge is -2.06. The van der Waals surface area contributed by atoms with Crippen LogP contribution in [-0.4, -0.2) is 13.6 Å². The number of nitrogens with one attached hydrogen (secondary N) is 1. The summed E-state index contributed by atoms with van der Waals surface area (Å²) in [5.74, 6) is -1.38. The lowest BCUT2D eigenvalue weighted by Crippen LogP contribution is -2.24. The summed E-state index contributed by atoms with van der Waals surface area (Å²) in [6, 6.07) is 2.82. The Labute approximate surface area is 114 Å². The first-order valence-corrected chi connectivity index (χ1v) is 7.15. The van der Waals surface area contributed by atoms with Crippen LogP contribution >= 0.6 is 0 Å². The van der Waals surface area contributed by atoms with E-state index in [2.05, 4.69) is 9.88 Å². The van der Waals surface area contributed by atoms with Crippen LogP contribution in [0.2, 0.25) is 0 Å². The van der Waals surface area contributed by atoms with Crippen molar-refractivity contribution in [1.29, 1.82) is 0 Å². The summed E-state index contributed by atoms with van der Waals surface area (Å²) in [7, 11) is -3.85. The summed E-state index contributed by atoms with van der Waals surface area (Å²) in [4.78, 5) is -0.0608. The predicted octanol–water partition coefficient (Wildman–Crippen LogP) is 2.05. The second-order valence-corrected chi connectivity index (χ2v) is 5.96. The van der Waals surface area contributed by atoms with Gasteiger partial charge in [-0.3, -0.25) is 0 Å². The van der Waals surface area contributed by atoms with E-state index in [9.17, 15) is 17.2 Å². The third-order valence-corrected chi connectivity index (χ3v) is 4.27. The number of nitrogens with zero attached hydrogens (tertiary/aromatic N) is 1. The summed E-state index contributed by atoms with van der Waals surface area (Å²) >= 11 is 0. The van der Waals surface area contributed by atoms with Crippen LogP contribution in [0.25, 0.3) is 0 Å². The molecule has 0 aliphatic carbocycles. The molecule has 0 bridgehead atoms. The average Bonchev–Trinajstić information content (AvgIpc) is 2.66. The topological polar surface area (TPSA) is 72.2 Å². The second-order valence-electron chi connectivity index (χ2n) is 4.26. The van der Waals surface area contributed by atoms with Crippen LogP contribution in [0.1, 0.15) is 17.0 Å². The molecule has 0 radical (unpaired) electrons. The number of aryl methyl sites for hydroxylation is 2. The highest BCUT2D eigenvalue weighted by Crippen LogP contribution is 2.19. The normalized spacial score (nSPS) is 11.8. The highest BCUT2D eigenvalue weighted by Gasteiger charge is 2.23. The zero-order valence-corrected chi connectivity index (χ0v) is 11.6. The smallest absolute Gasteiger partial charge is 0.246 e. The van der Waals surface area contributed by atoms with E-state index in [1.54, 1.807) is 0 Å². The van der Waals surface area contributed by atoms with Gasteiger partial charge >= 0.3 is 0 Å². The van der Waals surface area contributed by atoms with E-state index in [4.69, 9.17) is 4.52 Å². The molecule has 1 aromatic heterocycles. The SMILES string of the molecule is Cc1noc(C)c1S(=O)(=O)NCc1cc(F)cc(F)c1. The largest absolute Gasteiger partial charge is 0.360 e. The van der Waals surface area contributed by atoms with Crippen LogP contribution in [0.15, 0.2) is 27.6 Å². The number of benzene rings is 1. The number of hydrogen-bond acceptors (Lipinski definition) is 4. The van der Waals surface area contributed by atoms with Gasteiger partial charge in [-0.15, -0.1) is 0 Å². The molecule has 0 fully saturated rings. The van der Waals surface area contributed by atoms with E-state index >= 15 is 0 Å². The van der Waals surface area contributed by atoms with E-state index in [0.29, 0.717) is 6.07 Å². The molecule has 2 aromatic rings. The van der Waals surface area contributed by atoms with Gasteiger partial charge in [0.2, 0.25) is 10.0 Å². The third kappa shape index (κ3) is 3.02. The lowest BCUT2D eigenvalue weighted by atomic mass is 10.2. The molecule has 0 saturated carbocycles. The minimum absolute atomic E-state index is 0.0608. The Kier molecular flexibility index (Phi) is 3.87. The van der Waals surface area contributed by atoms with Gasteiger partial charge in [0.25, 0.3) is 0 Å². The Balaban J connectivity index is 2.22. The fourth-order valence-corrected chi connectivity index (χ4v) is 3.16. The van der Waals surface area contributed by atoms with E-state index in [-0.39, 0.29) is 28.5 Å². The molecule has 8 heteroatoms. The van der Waals surface area contributed by atoms with E-state index in [1.807, 2.05) is 0 Å². The predicted molar refractivity (Wildman–Crippen MR) is 66.4 cm³/mol. The number of aromatic nitrogens is 1. The van der Waals surface area contributed by atoms with Crippen molar-refractivity contribution in [2.75, 3.05) is 0 Å². The van der Waals surface area contributed by atoms with Gasteiger partial charge in [0, 0.05) is 12.6 Å². The standard InChI is InChI=1S/C12H12F2N2O3S/c1-7-12(8(2)19-16-7)20(17,18)15-6-9-3-10(13)5-11(14)4-9/h3-5,15H,6H2,1-2H3. The highest BCUT2D eigenvalue weighted by molar-refractivity contribution is 7.89. The average molecular weight is 302 g/mol. The van der Waals surface area contributed by atoms with Crippen molar-refractivity contribution in [3.8, 4) is 0 Å². The first-order chi connectivity index (χ1) is 9.29. The highest BCUT2D eigenvalue weighted by atomic mass is 32.2. The summed E-state index contributed by atoms with van der Waals surface area (Å²) in [6.45, 7) is 2.73. The lowest BCUT2D eigenvalue weighted by molar-refractivity contribution is 0.390. The molecular formula is C12H12F2N2O3S.